The van der Waals surface area contributed by atoms with Crippen molar-refractivity contribution in [3.8, 4) is 0 Å². The molecule has 118 valence electrons. The Morgan fingerprint density at radius 3 is 2.58 bits per heavy atom. The Labute approximate surface area is 142 Å². The van der Waals surface area contributed by atoms with E-state index in [1.165, 1.54) is 0 Å². The first-order valence-corrected chi connectivity index (χ1v) is 7.65. The number of hydrogen-bond acceptors (Lipinski definition) is 5. The minimum Gasteiger partial charge on any atom is -0.423 e. The number of amides is 1. The van der Waals surface area contributed by atoms with Gasteiger partial charge in [0.2, 0.25) is 0 Å². The summed E-state index contributed by atoms with van der Waals surface area (Å²) in [6.07, 6.45) is 1.73. The van der Waals surface area contributed by atoms with Crippen molar-refractivity contribution < 1.29 is 9.21 Å². The first kappa shape index (κ1) is 14.4. The second kappa shape index (κ2) is 5.78. The van der Waals surface area contributed by atoms with E-state index >= 15 is 0 Å². The Morgan fingerprint density at radius 1 is 1.08 bits per heavy atom. The molecule has 0 spiro atoms. The maximum Gasteiger partial charge on any atom is 0.300 e. The third-order valence-corrected chi connectivity index (χ3v) is 3.69. The summed E-state index contributed by atoms with van der Waals surface area (Å²) >= 11 is 4.90. The van der Waals surface area contributed by atoms with E-state index in [0.29, 0.717) is 16.8 Å². The number of oxazole rings is 1. The summed E-state index contributed by atoms with van der Waals surface area (Å²) in [5, 5.41) is 8.77. The van der Waals surface area contributed by atoms with E-state index in [1.807, 2.05) is 48.5 Å². The Balaban J connectivity index is 1.52. The lowest BCUT2D eigenvalue weighted by Gasteiger charge is -2.02. The van der Waals surface area contributed by atoms with Crippen molar-refractivity contribution in [3.05, 3.63) is 59.8 Å². The van der Waals surface area contributed by atoms with Gasteiger partial charge in [0.1, 0.15) is 11.2 Å². The lowest BCUT2D eigenvalue weighted by molar-refractivity contribution is -0.115. The van der Waals surface area contributed by atoms with E-state index in [1.54, 1.807) is 6.08 Å². The lowest BCUT2D eigenvalue weighted by atomic mass is 10.1. The Hall–Kier alpha value is -3.19. The molecule has 1 fully saturated rings. The summed E-state index contributed by atoms with van der Waals surface area (Å²) in [5.74, 6) is -0.228. The van der Waals surface area contributed by atoms with Gasteiger partial charge in [-0.3, -0.25) is 10.1 Å². The Bertz CT molecular complexity index is 943. The van der Waals surface area contributed by atoms with E-state index in [9.17, 15) is 4.79 Å². The number of para-hydroxylation sites is 2. The number of hydrogen-bond donors (Lipinski definition) is 3. The molecule has 3 N–H and O–H groups in total. The van der Waals surface area contributed by atoms with Gasteiger partial charge in [0, 0.05) is 5.69 Å². The SMILES string of the molecule is O=C1NC(=S)N/C1=C/c1ccc(Nc2nc3ccccc3o2)cc1. The van der Waals surface area contributed by atoms with Crippen molar-refractivity contribution in [2.75, 3.05) is 5.32 Å². The summed E-state index contributed by atoms with van der Waals surface area (Å²) in [5.41, 5.74) is 3.68. The van der Waals surface area contributed by atoms with Gasteiger partial charge in [-0.15, -0.1) is 0 Å². The highest BCUT2D eigenvalue weighted by Crippen LogP contribution is 2.22. The van der Waals surface area contributed by atoms with E-state index in [0.717, 1.165) is 22.4 Å². The average Bonchev–Trinajstić information content (AvgIpc) is 3.11. The van der Waals surface area contributed by atoms with Crippen molar-refractivity contribution in [1.82, 2.24) is 15.6 Å². The van der Waals surface area contributed by atoms with Crippen LogP contribution in [0.15, 0.2) is 58.6 Å². The van der Waals surface area contributed by atoms with Crippen molar-refractivity contribution in [2.45, 2.75) is 0 Å². The molecular weight excluding hydrogens is 324 g/mol. The van der Waals surface area contributed by atoms with Crippen molar-refractivity contribution in [1.29, 1.82) is 0 Å². The molecule has 1 saturated heterocycles. The van der Waals surface area contributed by atoms with Crippen LogP contribution in [0.5, 0.6) is 0 Å². The number of rotatable bonds is 3. The lowest BCUT2D eigenvalue weighted by Crippen LogP contribution is -2.21. The van der Waals surface area contributed by atoms with E-state index in [2.05, 4.69) is 20.9 Å². The number of carbonyl (C=O) groups excluding carboxylic acids is 1. The highest BCUT2D eigenvalue weighted by atomic mass is 32.1. The fourth-order valence-corrected chi connectivity index (χ4v) is 2.56. The maximum absolute atomic E-state index is 11.6. The molecule has 0 unspecified atom stereocenters. The van der Waals surface area contributed by atoms with Gasteiger partial charge < -0.3 is 15.1 Å². The minimum atomic E-state index is -0.228. The van der Waals surface area contributed by atoms with Crippen LogP contribution in [0.2, 0.25) is 0 Å². The zero-order valence-corrected chi connectivity index (χ0v) is 13.2. The second-order valence-corrected chi connectivity index (χ2v) is 5.61. The van der Waals surface area contributed by atoms with Gasteiger partial charge in [0.05, 0.1) is 0 Å². The number of thiocarbonyl (C=S) groups is 1. The standard InChI is InChI=1S/C17H12N4O2S/c22-15-13(20-17(24)21-15)9-10-5-7-11(8-6-10)18-16-19-12-3-1-2-4-14(12)23-16/h1-9H,(H,18,19)(H2,20,21,22,24)/b13-9+. The molecule has 1 aromatic heterocycles. The molecular formula is C17H12N4O2S. The number of aromatic nitrogens is 1. The molecule has 0 saturated carbocycles. The van der Waals surface area contributed by atoms with Crippen molar-refractivity contribution >= 4 is 52.1 Å². The maximum atomic E-state index is 11.6. The predicted molar refractivity (Wildman–Crippen MR) is 95.6 cm³/mol. The largest absolute Gasteiger partial charge is 0.423 e. The fraction of sp³-hybridized carbons (Fsp3) is 0. The van der Waals surface area contributed by atoms with Crippen LogP contribution in [0.3, 0.4) is 0 Å². The Morgan fingerprint density at radius 2 is 1.88 bits per heavy atom. The highest BCUT2D eigenvalue weighted by Gasteiger charge is 2.19. The third-order valence-electron chi connectivity index (χ3n) is 3.49. The van der Waals surface area contributed by atoms with Gasteiger partial charge in [-0.1, -0.05) is 24.3 Å². The topological polar surface area (TPSA) is 79.2 Å². The molecule has 0 aliphatic carbocycles. The summed E-state index contributed by atoms with van der Waals surface area (Å²) < 4.78 is 5.62. The average molecular weight is 336 g/mol. The van der Waals surface area contributed by atoms with E-state index < -0.39 is 0 Å². The number of nitrogens with zero attached hydrogens (tertiary/aromatic N) is 1. The quantitative estimate of drug-likeness (QED) is 0.504. The number of anilines is 2. The molecule has 0 radical (unpaired) electrons. The number of carbonyl (C=O) groups is 1. The van der Waals surface area contributed by atoms with Gasteiger partial charge in [0.25, 0.3) is 11.9 Å². The van der Waals surface area contributed by atoms with Crippen LogP contribution in [-0.2, 0) is 4.79 Å². The van der Waals surface area contributed by atoms with Crippen LogP contribution < -0.4 is 16.0 Å². The summed E-state index contributed by atoms with van der Waals surface area (Å²) in [6.45, 7) is 0. The zero-order valence-electron chi connectivity index (χ0n) is 12.4. The van der Waals surface area contributed by atoms with Crippen molar-refractivity contribution in [3.63, 3.8) is 0 Å². The van der Waals surface area contributed by atoms with Crippen LogP contribution in [0.4, 0.5) is 11.7 Å². The van der Waals surface area contributed by atoms with E-state index in [4.69, 9.17) is 16.6 Å². The van der Waals surface area contributed by atoms with Gasteiger partial charge in [-0.05, 0) is 48.1 Å². The summed E-state index contributed by atoms with van der Waals surface area (Å²) in [6, 6.07) is 15.5. The first-order chi connectivity index (χ1) is 11.7. The minimum absolute atomic E-state index is 0.228. The zero-order chi connectivity index (χ0) is 16.5. The number of nitrogens with one attached hydrogen (secondary N) is 3. The van der Waals surface area contributed by atoms with Crippen LogP contribution in [-0.4, -0.2) is 16.0 Å². The van der Waals surface area contributed by atoms with Gasteiger partial charge in [-0.2, -0.15) is 4.98 Å². The molecule has 6 nitrogen and oxygen atoms in total. The number of fused-ring (bicyclic) bond motifs is 1. The molecule has 2 heterocycles. The van der Waals surface area contributed by atoms with E-state index in [-0.39, 0.29) is 5.91 Å². The van der Waals surface area contributed by atoms with Crippen LogP contribution in [0, 0.1) is 0 Å². The normalized spacial score (nSPS) is 15.6. The van der Waals surface area contributed by atoms with Crippen molar-refractivity contribution in [2.24, 2.45) is 0 Å². The predicted octanol–water partition coefficient (Wildman–Crippen LogP) is 2.92. The molecule has 1 amide bonds. The molecule has 3 aromatic rings. The third kappa shape index (κ3) is 2.84. The monoisotopic (exact) mass is 336 g/mol. The van der Waals surface area contributed by atoms with Crippen LogP contribution >= 0.6 is 12.2 Å². The first-order valence-electron chi connectivity index (χ1n) is 7.24. The molecule has 2 aromatic carbocycles. The second-order valence-electron chi connectivity index (χ2n) is 5.20. The van der Waals surface area contributed by atoms with Gasteiger partial charge in [-0.25, -0.2) is 0 Å². The highest BCUT2D eigenvalue weighted by molar-refractivity contribution is 7.80. The summed E-state index contributed by atoms with van der Waals surface area (Å²) in [7, 11) is 0. The molecule has 1 aliphatic rings. The molecule has 24 heavy (non-hydrogen) atoms. The molecule has 7 heteroatoms. The van der Waals surface area contributed by atoms with Gasteiger partial charge >= 0.3 is 0 Å². The van der Waals surface area contributed by atoms with Crippen LogP contribution in [0.1, 0.15) is 5.56 Å². The molecule has 4 rings (SSSR count). The fourth-order valence-electron chi connectivity index (χ4n) is 2.36. The molecule has 0 atom stereocenters. The summed E-state index contributed by atoms with van der Waals surface area (Å²) in [4.78, 5) is 16.0. The Kier molecular flexibility index (Phi) is 3.47. The smallest absolute Gasteiger partial charge is 0.300 e. The number of benzene rings is 2. The molecule has 1 aliphatic heterocycles. The van der Waals surface area contributed by atoms with Gasteiger partial charge in [0.15, 0.2) is 10.7 Å². The van der Waals surface area contributed by atoms with Crippen LogP contribution in [0.25, 0.3) is 17.2 Å². The molecule has 0 bridgehead atoms.